The van der Waals surface area contributed by atoms with Crippen LogP contribution in [0.4, 0.5) is 4.39 Å². The third kappa shape index (κ3) is 4.20. The normalized spacial score (nSPS) is 24.9. The van der Waals surface area contributed by atoms with Crippen LogP contribution >= 0.6 is 11.6 Å². The molecule has 1 aliphatic carbocycles. The van der Waals surface area contributed by atoms with E-state index >= 15 is 0 Å². The second-order valence-electron chi connectivity index (χ2n) is 7.43. The maximum Gasteiger partial charge on any atom is 0.141 e. The number of nitrogens with one attached hydrogen (secondary N) is 1. The van der Waals surface area contributed by atoms with Gasteiger partial charge in [0.15, 0.2) is 0 Å². The molecule has 21 heavy (non-hydrogen) atoms. The van der Waals surface area contributed by atoms with E-state index in [0.29, 0.717) is 17.4 Å². The van der Waals surface area contributed by atoms with Gasteiger partial charge in [-0.05, 0) is 48.8 Å². The van der Waals surface area contributed by atoms with Crippen molar-refractivity contribution in [3.63, 3.8) is 0 Å². The Bertz CT molecular complexity index is 481. The fraction of sp³-hybridized carbons (Fsp3) is 0.667. The van der Waals surface area contributed by atoms with Crippen LogP contribution in [0.15, 0.2) is 18.2 Å². The van der Waals surface area contributed by atoms with Crippen molar-refractivity contribution in [2.45, 2.75) is 65.5 Å². The summed E-state index contributed by atoms with van der Waals surface area (Å²) in [6.07, 6.45) is 5.14. The van der Waals surface area contributed by atoms with Gasteiger partial charge in [-0.3, -0.25) is 0 Å². The maximum atomic E-state index is 13.3. The minimum atomic E-state index is -0.349. The molecular formula is C18H27ClFN. The van der Waals surface area contributed by atoms with Gasteiger partial charge < -0.3 is 5.32 Å². The van der Waals surface area contributed by atoms with Gasteiger partial charge in [0, 0.05) is 12.1 Å². The van der Waals surface area contributed by atoms with Gasteiger partial charge in [-0.1, -0.05) is 51.3 Å². The molecule has 3 heteroatoms. The van der Waals surface area contributed by atoms with Crippen molar-refractivity contribution in [1.29, 1.82) is 0 Å². The monoisotopic (exact) mass is 311 g/mol. The molecular weight excluding hydrogens is 285 g/mol. The van der Waals surface area contributed by atoms with E-state index in [9.17, 15) is 4.39 Å². The molecule has 118 valence electrons. The first-order valence-electron chi connectivity index (χ1n) is 8.00. The van der Waals surface area contributed by atoms with E-state index in [1.165, 1.54) is 31.7 Å². The fourth-order valence-corrected chi connectivity index (χ4v) is 3.75. The summed E-state index contributed by atoms with van der Waals surface area (Å²) in [5.74, 6) is 0.336. The number of rotatable bonds is 3. The minimum absolute atomic E-state index is 0.191. The summed E-state index contributed by atoms with van der Waals surface area (Å²) in [7, 11) is 0. The molecule has 3 unspecified atom stereocenters. The zero-order valence-corrected chi connectivity index (χ0v) is 14.3. The van der Waals surface area contributed by atoms with E-state index in [2.05, 4.69) is 33.0 Å². The molecule has 0 aromatic heterocycles. The highest BCUT2D eigenvalue weighted by atomic mass is 35.5. The van der Waals surface area contributed by atoms with Gasteiger partial charge in [0.2, 0.25) is 0 Å². The van der Waals surface area contributed by atoms with Crippen LogP contribution in [-0.2, 0) is 0 Å². The minimum Gasteiger partial charge on any atom is -0.307 e. The molecule has 0 saturated heterocycles. The van der Waals surface area contributed by atoms with Crippen LogP contribution < -0.4 is 5.32 Å². The van der Waals surface area contributed by atoms with Gasteiger partial charge in [0.1, 0.15) is 5.82 Å². The number of halogens is 2. The van der Waals surface area contributed by atoms with Crippen LogP contribution in [0.3, 0.4) is 0 Å². The molecule has 0 aliphatic heterocycles. The van der Waals surface area contributed by atoms with Crippen molar-refractivity contribution in [2.24, 2.45) is 11.3 Å². The van der Waals surface area contributed by atoms with E-state index in [4.69, 9.17) is 11.6 Å². The Morgan fingerprint density at radius 1 is 1.24 bits per heavy atom. The Morgan fingerprint density at radius 2 is 1.90 bits per heavy atom. The quantitative estimate of drug-likeness (QED) is 0.751. The second kappa shape index (κ2) is 6.66. The number of hydrogen-bond donors (Lipinski definition) is 1. The lowest BCUT2D eigenvalue weighted by Crippen LogP contribution is -2.45. The van der Waals surface area contributed by atoms with Gasteiger partial charge in [-0.2, -0.15) is 0 Å². The van der Waals surface area contributed by atoms with E-state index in [1.54, 1.807) is 6.07 Å². The molecule has 1 aromatic carbocycles. The van der Waals surface area contributed by atoms with E-state index in [1.807, 2.05) is 6.07 Å². The van der Waals surface area contributed by atoms with Crippen molar-refractivity contribution >= 4 is 11.6 Å². The highest BCUT2D eigenvalue weighted by molar-refractivity contribution is 6.30. The molecule has 1 aliphatic rings. The highest BCUT2D eigenvalue weighted by Crippen LogP contribution is 2.39. The lowest BCUT2D eigenvalue weighted by atomic mass is 9.69. The van der Waals surface area contributed by atoms with Crippen LogP contribution in [-0.4, -0.2) is 6.04 Å². The lowest BCUT2D eigenvalue weighted by Gasteiger charge is -2.42. The summed E-state index contributed by atoms with van der Waals surface area (Å²) in [6.45, 7) is 9.13. The highest BCUT2D eigenvalue weighted by Gasteiger charge is 2.34. The molecule has 2 rings (SSSR count). The summed E-state index contributed by atoms with van der Waals surface area (Å²) in [5.41, 5.74) is 1.37. The molecule has 1 fully saturated rings. The van der Waals surface area contributed by atoms with Gasteiger partial charge in [0.05, 0.1) is 5.02 Å². The average molecular weight is 312 g/mol. The van der Waals surface area contributed by atoms with Crippen LogP contribution in [0.5, 0.6) is 0 Å². The molecule has 1 N–H and O–H groups in total. The zero-order chi connectivity index (χ0) is 15.6. The van der Waals surface area contributed by atoms with E-state index in [-0.39, 0.29) is 16.9 Å². The van der Waals surface area contributed by atoms with Crippen LogP contribution in [0.1, 0.15) is 65.0 Å². The van der Waals surface area contributed by atoms with Gasteiger partial charge in [0.25, 0.3) is 0 Å². The summed E-state index contributed by atoms with van der Waals surface area (Å²) in [4.78, 5) is 0. The Hall–Kier alpha value is -0.600. The largest absolute Gasteiger partial charge is 0.307 e. The van der Waals surface area contributed by atoms with Crippen LogP contribution in [0.25, 0.3) is 0 Å². The van der Waals surface area contributed by atoms with Crippen molar-refractivity contribution in [1.82, 2.24) is 5.32 Å². The van der Waals surface area contributed by atoms with Gasteiger partial charge >= 0.3 is 0 Å². The zero-order valence-electron chi connectivity index (χ0n) is 13.5. The van der Waals surface area contributed by atoms with E-state index < -0.39 is 0 Å². The maximum absolute atomic E-state index is 13.3. The Balaban J connectivity index is 2.09. The van der Waals surface area contributed by atoms with Crippen molar-refractivity contribution in [3.8, 4) is 0 Å². The molecule has 0 bridgehead atoms. The van der Waals surface area contributed by atoms with E-state index in [0.717, 1.165) is 5.56 Å². The van der Waals surface area contributed by atoms with Gasteiger partial charge in [-0.15, -0.1) is 0 Å². The Labute approximate surface area is 133 Å². The summed E-state index contributed by atoms with van der Waals surface area (Å²) in [6, 6.07) is 5.74. The molecule has 1 saturated carbocycles. The smallest absolute Gasteiger partial charge is 0.141 e. The summed E-state index contributed by atoms with van der Waals surface area (Å²) in [5, 5.41) is 3.96. The fourth-order valence-electron chi connectivity index (χ4n) is 3.57. The molecule has 1 aromatic rings. The summed E-state index contributed by atoms with van der Waals surface area (Å²) >= 11 is 5.90. The Morgan fingerprint density at radius 3 is 2.52 bits per heavy atom. The standard InChI is InChI=1S/C18H27ClFN/c1-12(13-9-10-16(20)15(19)11-13)21-17-8-6-5-7-14(17)18(2,3)4/h9-12,14,17,21H,5-8H2,1-4H3. The third-order valence-corrected chi connectivity index (χ3v) is 5.08. The molecule has 0 spiro atoms. The lowest BCUT2D eigenvalue weighted by molar-refractivity contribution is 0.124. The first-order valence-corrected chi connectivity index (χ1v) is 8.38. The van der Waals surface area contributed by atoms with Crippen molar-refractivity contribution in [2.75, 3.05) is 0 Å². The third-order valence-electron chi connectivity index (χ3n) is 4.79. The SMILES string of the molecule is CC(NC1CCCCC1C(C)(C)C)c1ccc(F)c(Cl)c1. The van der Waals surface area contributed by atoms with Crippen LogP contribution in [0.2, 0.25) is 5.02 Å². The predicted molar refractivity (Wildman–Crippen MR) is 88.2 cm³/mol. The van der Waals surface area contributed by atoms with Crippen molar-refractivity contribution in [3.05, 3.63) is 34.6 Å². The first-order chi connectivity index (χ1) is 9.79. The van der Waals surface area contributed by atoms with Crippen molar-refractivity contribution < 1.29 is 4.39 Å². The topological polar surface area (TPSA) is 12.0 Å². The molecule has 1 nitrogen and oxygen atoms in total. The molecule has 0 amide bonds. The van der Waals surface area contributed by atoms with Gasteiger partial charge in [-0.25, -0.2) is 4.39 Å². The molecule has 0 heterocycles. The number of hydrogen-bond acceptors (Lipinski definition) is 1. The Kier molecular flexibility index (Phi) is 5.32. The second-order valence-corrected chi connectivity index (χ2v) is 7.83. The average Bonchev–Trinajstić information content (AvgIpc) is 2.41. The molecule has 3 atom stereocenters. The predicted octanol–water partition coefficient (Wildman–Crippen LogP) is 5.73. The number of benzene rings is 1. The molecule has 0 radical (unpaired) electrons. The first kappa shape index (κ1) is 16.8. The summed E-state index contributed by atoms with van der Waals surface area (Å²) < 4.78 is 13.3. The van der Waals surface area contributed by atoms with Crippen LogP contribution in [0, 0.1) is 17.2 Å².